The molecule has 0 aliphatic heterocycles. The monoisotopic (exact) mass is 243 g/mol. The first-order chi connectivity index (χ1) is 8.66. The van der Waals surface area contributed by atoms with Crippen molar-refractivity contribution in [2.45, 2.75) is 0 Å². The van der Waals surface area contributed by atoms with Gasteiger partial charge in [-0.15, -0.1) is 5.43 Å². The number of carbonyl (C=O) groups excluding carboxylic acids is 1. The molecule has 0 atom stereocenters. The van der Waals surface area contributed by atoms with Crippen molar-refractivity contribution < 1.29 is 19.4 Å². The fourth-order valence-electron chi connectivity index (χ4n) is 1.42. The van der Waals surface area contributed by atoms with Crippen LogP contribution in [-0.2, 0) is 0 Å². The summed E-state index contributed by atoms with van der Waals surface area (Å²) in [6.07, 6.45) is 3.40. The van der Waals surface area contributed by atoms with E-state index in [9.17, 15) is 9.59 Å². The number of carboxylic acids is 1. The van der Waals surface area contributed by atoms with Crippen molar-refractivity contribution in [3.05, 3.63) is 66.0 Å². The largest absolute Gasteiger partial charge is 0.478 e. The summed E-state index contributed by atoms with van der Waals surface area (Å²) in [4.78, 5) is 22.5. The van der Waals surface area contributed by atoms with Gasteiger partial charge in [0.05, 0.1) is 5.56 Å². The highest BCUT2D eigenvalue weighted by Gasteiger charge is 2.11. The van der Waals surface area contributed by atoms with Crippen LogP contribution in [0.25, 0.3) is 0 Å². The van der Waals surface area contributed by atoms with Gasteiger partial charge in [-0.3, -0.25) is 4.79 Å². The van der Waals surface area contributed by atoms with Crippen molar-refractivity contribution in [3.8, 4) is 0 Å². The van der Waals surface area contributed by atoms with Crippen LogP contribution in [-0.4, -0.2) is 17.0 Å². The first kappa shape index (κ1) is 11.8. The Morgan fingerprint density at radius 2 is 1.50 bits per heavy atom. The minimum atomic E-state index is -1.01. The number of hydrogen-bond acceptors (Lipinski definition) is 2. The minimum absolute atomic E-state index is 0.152. The topological polar surface area (TPSA) is 70.3 Å². The van der Waals surface area contributed by atoms with Crippen LogP contribution in [0.4, 0.5) is 0 Å². The van der Waals surface area contributed by atoms with Gasteiger partial charge in [-0.25, -0.2) is 4.79 Å². The first-order valence-electron chi connectivity index (χ1n) is 5.28. The van der Waals surface area contributed by atoms with E-state index in [4.69, 9.17) is 5.11 Å². The smallest absolute Gasteiger partial charge is 0.335 e. The van der Waals surface area contributed by atoms with E-state index in [1.165, 1.54) is 28.9 Å². The summed E-state index contributed by atoms with van der Waals surface area (Å²) in [7, 11) is 0. The summed E-state index contributed by atoms with van der Waals surface area (Å²) in [6, 6.07) is 11.1. The molecule has 0 bridgehead atoms. The zero-order valence-corrected chi connectivity index (χ0v) is 9.41. The summed E-state index contributed by atoms with van der Waals surface area (Å²) in [6.45, 7) is 0. The number of carbonyl (C=O) groups is 2. The van der Waals surface area contributed by atoms with E-state index in [1.54, 1.807) is 24.5 Å². The number of rotatable bonds is 3. The number of aromatic nitrogens is 1. The normalized spacial score (nSPS) is 9.78. The maximum atomic E-state index is 11.8. The summed E-state index contributed by atoms with van der Waals surface area (Å²) in [5, 5.41) is 8.74. The van der Waals surface area contributed by atoms with Crippen molar-refractivity contribution in [2.75, 3.05) is 5.43 Å². The van der Waals surface area contributed by atoms with Gasteiger partial charge in [0, 0.05) is 17.7 Å². The van der Waals surface area contributed by atoms with Crippen molar-refractivity contribution in [3.63, 3.8) is 0 Å². The Bertz CT molecular complexity index is 565. The Balaban J connectivity index is 2.12. The van der Waals surface area contributed by atoms with Crippen LogP contribution in [0.5, 0.6) is 0 Å². The molecular formula is C13H11N2O3+. The van der Waals surface area contributed by atoms with Gasteiger partial charge in [-0.1, -0.05) is 10.7 Å². The molecule has 2 N–H and O–H groups in total. The van der Waals surface area contributed by atoms with E-state index >= 15 is 0 Å². The van der Waals surface area contributed by atoms with Gasteiger partial charge in [0.2, 0.25) is 0 Å². The molecule has 0 radical (unpaired) electrons. The van der Waals surface area contributed by atoms with Crippen LogP contribution in [0.15, 0.2) is 54.9 Å². The molecule has 5 heteroatoms. The number of carboxylic acid groups (broad SMARTS) is 1. The van der Waals surface area contributed by atoms with Gasteiger partial charge >= 0.3 is 11.9 Å². The Kier molecular flexibility index (Phi) is 3.33. The fourth-order valence-corrected chi connectivity index (χ4v) is 1.42. The third-order valence-electron chi connectivity index (χ3n) is 2.34. The summed E-state index contributed by atoms with van der Waals surface area (Å²) in [5.74, 6) is -1.32. The maximum absolute atomic E-state index is 11.8. The highest BCUT2D eigenvalue weighted by atomic mass is 16.4. The van der Waals surface area contributed by atoms with Crippen LogP contribution in [0.3, 0.4) is 0 Å². The van der Waals surface area contributed by atoms with E-state index in [0.29, 0.717) is 5.56 Å². The highest BCUT2D eigenvalue weighted by Crippen LogP contribution is 2.04. The molecule has 0 aliphatic carbocycles. The minimum Gasteiger partial charge on any atom is -0.478 e. The second-order valence-electron chi connectivity index (χ2n) is 3.61. The standard InChI is InChI=1S/C13H10N2O3/c16-12(14-15-8-2-1-3-9-15)10-4-6-11(7-5-10)13(17)18/h1-9H,(H-,14,16,17,18)/p+1. The summed E-state index contributed by atoms with van der Waals surface area (Å²) >= 11 is 0. The zero-order valence-electron chi connectivity index (χ0n) is 9.41. The molecule has 1 aromatic heterocycles. The average molecular weight is 243 g/mol. The predicted octanol–water partition coefficient (Wildman–Crippen LogP) is 1.06. The zero-order chi connectivity index (χ0) is 13.0. The number of nitrogens with one attached hydrogen (secondary N) is 1. The number of amides is 1. The molecule has 1 aromatic carbocycles. The quantitative estimate of drug-likeness (QED) is 0.792. The average Bonchev–Trinajstić information content (AvgIpc) is 2.40. The van der Waals surface area contributed by atoms with Crippen LogP contribution in [0, 0.1) is 0 Å². The molecule has 90 valence electrons. The molecule has 18 heavy (non-hydrogen) atoms. The van der Waals surface area contributed by atoms with Gasteiger partial charge < -0.3 is 5.11 Å². The van der Waals surface area contributed by atoms with Gasteiger partial charge in [-0.05, 0) is 24.3 Å². The third kappa shape index (κ3) is 2.70. The van der Waals surface area contributed by atoms with Crippen LogP contribution in [0.2, 0.25) is 0 Å². The molecule has 5 nitrogen and oxygen atoms in total. The van der Waals surface area contributed by atoms with E-state index in [0.717, 1.165) is 0 Å². The van der Waals surface area contributed by atoms with Gasteiger partial charge in [0.1, 0.15) is 0 Å². The third-order valence-corrected chi connectivity index (χ3v) is 2.34. The van der Waals surface area contributed by atoms with Gasteiger partial charge in [-0.2, -0.15) is 0 Å². The van der Waals surface area contributed by atoms with Crippen molar-refractivity contribution in [1.29, 1.82) is 0 Å². The molecule has 2 rings (SSSR count). The first-order valence-corrected chi connectivity index (χ1v) is 5.28. The van der Waals surface area contributed by atoms with Crippen LogP contribution in [0.1, 0.15) is 20.7 Å². The molecule has 0 unspecified atom stereocenters. The lowest BCUT2D eigenvalue weighted by Gasteiger charge is -2.00. The molecule has 0 spiro atoms. The van der Waals surface area contributed by atoms with E-state index in [-0.39, 0.29) is 11.5 Å². The highest BCUT2D eigenvalue weighted by molar-refractivity contribution is 5.99. The predicted molar refractivity (Wildman–Crippen MR) is 63.7 cm³/mol. The lowest BCUT2D eigenvalue weighted by atomic mass is 10.1. The molecule has 0 saturated heterocycles. The lowest BCUT2D eigenvalue weighted by Crippen LogP contribution is -2.47. The number of aromatic carboxylic acids is 1. The van der Waals surface area contributed by atoms with Crippen molar-refractivity contribution in [1.82, 2.24) is 0 Å². The molecule has 0 aliphatic rings. The van der Waals surface area contributed by atoms with E-state index < -0.39 is 5.97 Å². The Morgan fingerprint density at radius 3 is 2.06 bits per heavy atom. The summed E-state index contributed by atoms with van der Waals surface area (Å²) < 4.78 is 1.52. The maximum Gasteiger partial charge on any atom is 0.335 e. The second-order valence-corrected chi connectivity index (χ2v) is 3.61. The Hall–Kier alpha value is -2.69. The summed E-state index contributed by atoms with van der Waals surface area (Å²) in [5.41, 5.74) is 3.19. The lowest BCUT2D eigenvalue weighted by molar-refractivity contribution is -0.641. The molecule has 1 heterocycles. The van der Waals surface area contributed by atoms with Gasteiger partial charge in [0.15, 0.2) is 12.4 Å². The van der Waals surface area contributed by atoms with Crippen LogP contribution < -0.4 is 10.1 Å². The number of hydrogen-bond donors (Lipinski definition) is 2. The molecule has 0 fully saturated rings. The number of nitrogens with zero attached hydrogens (tertiary/aromatic N) is 1. The fraction of sp³-hybridized carbons (Fsp3) is 0. The molecule has 1 amide bonds. The molecular weight excluding hydrogens is 232 g/mol. The van der Waals surface area contributed by atoms with E-state index in [2.05, 4.69) is 5.43 Å². The SMILES string of the molecule is O=C(O)c1ccc(C(=O)N[n+]2ccccc2)cc1. The van der Waals surface area contributed by atoms with E-state index in [1.807, 2.05) is 6.07 Å². The Morgan fingerprint density at radius 1 is 0.944 bits per heavy atom. The Labute approximate surface area is 103 Å². The molecule has 0 saturated carbocycles. The number of benzene rings is 1. The number of pyridine rings is 1. The van der Waals surface area contributed by atoms with Gasteiger partial charge in [0.25, 0.3) is 0 Å². The van der Waals surface area contributed by atoms with Crippen molar-refractivity contribution in [2.24, 2.45) is 0 Å². The van der Waals surface area contributed by atoms with Crippen molar-refractivity contribution >= 4 is 11.9 Å². The second kappa shape index (κ2) is 5.09. The van der Waals surface area contributed by atoms with Crippen LogP contribution >= 0.6 is 0 Å². The molecule has 2 aromatic rings.